The summed E-state index contributed by atoms with van der Waals surface area (Å²) in [5.41, 5.74) is 0.794. The van der Waals surface area contributed by atoms with E-state index in [4.69, 9.17) is 5.11 Å². The average molecular weight is 191 g/mol. The molecule has 0 amide bonds. The fourth-order valence-corrected chi connectivity index (χ4v) is 1.58. The summed E-state index contributed by atoms with van der Waals surface area (Å²) < 4.78 is 0. The van der Waals surface area contributed by atoms with Gasteiger partial charge in [-0.2, -0.15) is 0 Å². The minimum absolute atomic E-state index is 0.00358. The molecule has 74 valence electrons. The fraction of sp³-hybridized carbons (Fsp3) is 0.400. The van der Waals surface area contributed by atoms with Crippen LogP contribution in [0.15, 0.2) is 24.7 Å². The van der Waals surface area contributed by atoms with Crippen molar-refractivity contribution in [2.75, 3.05) is 18.0 Å². The lowest BCUT2D eigenvalue weighted by molar-refractivity contribution is 0.281. The number of aliphatic hydroxyl groups is 1. The zero-order chi connectivity index (χ0) is 9.80. The van der Waals surface area contributed by atoms with E-state index in [1.54, 1.807) is 6.20 Å². The van der Waals surface area contributed by atoms with Crippen molar-refractivity contribution in [1.29, 1.82) is 0 Å². The number of rotatable bonds is 2. The Balaban J connectivity index is 2.25. The van der Waals surface area contributed by atoms with Crippen molar-refractivity contribution in [1.82, 2.24) is 9.97 Å². The largest absolute Gasteiger partial charge is 0.391 e. The summed E-state index contributed by atoms with van der Waals surface area (Å²) in [5.74, 6) is 0.854. The Kier molecular flexibility index (Phi) is 2.74. The van der Waals surface area contributed by atoms with Gasteiger partial charge in [-0.3, -0.25) is 0 Å². The van der Waals surface area contributed by atoms with Gasteiger partial charge < -0.3 is 10.0 Å². The van der Waals surface area contributed by atoms with Crippen LogP contribution in [0.3, 0.4) is 0 Å². The second kappa shape index (κ2) is 4.19. The highest BCUT2D eigenvalue weighted by atomic mass is 16.3. The summed E-state index contributed by atoms with van der Waals surface area (Å²) in [6.07, 6.45) is 8.51. The van der Waals surface area contributed by atoms with Crippen molar-refractivity contribution < 1.29 is 5.11 Å². The lowest BCUT2D eigenvalue weighted by Crippen LogP contribution is -2.28. The highest BCUT2D eigenvalue weighted by Gasteiger charge is 2.12. The van der Waals surface area contributed by atoms with Gasteiger partial charge in [-0.1, -0.05) is 12.2 Å². The predicted octanol–water partition coefficient (Wildman–Crippen LogP) is 0.735. The highest BCUT2D eigenvalue weighted by Crippen LogP contribution is 2.17. The van der Waals surface area contributed by atoms with Gasteiger partial charge in [-0.05, 0) is 6.42 Å². The monoisotopic (exact) mass is 191 g/mol. The molecule has 14 heavy (non-hydrogen) atoms. The summed E-state index contributed by atoms with van der Waals surface area (Å²) in [6.45, 7) is 1.82. The average Bonchev–Trinajstić information content (AvgIpc) is 2.30. The molecule has 0 radical (unpaired) electrons. The normalized spacial score (nSPS) is 15.9. The van der Waals surface area contributed by atoms with Crippen LogP contribution < -0.4 is 4.90 Å². The van der Waals surface area contributed by atoms with E-state index in [0.717, 1.165) is 30.9 Å². The first-order valence-corrected chi connectivity index (χ1v) is 4.71. The molecule has 0 spiro atoms. The molecule has 4 heteroatoms. The number of nitrogens with zero attached hydrogens (tertiary/aromatic N) is 3. The first-order chi connectivity index (χ1) is 6.92. The van der Waals surface area contributed by atoms with E-state index >= 15 is 0 Å². The summed E-state index contributed by atoms with van der Waals surface area (Å²) >= 11 is 0. The third kappa shape index (κ3) is 1.75. The molecule has 0 fully saturated rings. The number of hydrogen-bond acceptors (Lipinski definition) is 4. The smallest absolute Gasteiger partial charge is 0.137 e. The summed E-state index contributed by atoms with van der Waals surface area (Å²) in [6, 6.07) is 0. The first-order valence-electron chi connectivity index (χ1n) is 4.71. The molecule has 0 unspecified atom stereocenters. The van der Waals surface area contributed by atoms with Crippen LogP contribution in [-0.2, 0) is 6.61 Å². The molecule has 0 aliphatic carbocycles. The Bertz CT molecular complexity index is 338. The van der Waals surface area contributed by atoms with E-state index in [2.05, 4.69) is 27.0 Å². The Morgan fingerprint density at radius 3 is 3.07 bits per heavy atom. The molecule has 0 aromatic carbocycles. The predicted molar refractivity (Wildman–Crippen MR) is 53.9 cm³/mol. The van der Waals surface area contributed by atoms with Crippen molar-refractivity contribution in [3.63, 3.8) is 0 Å². The van der Waals surface area contributed by atoms with Crippen molar-refractivity contribution in [2.24, 2.45) is 0 Å². The molecule has 0 saturated carbocycles. The topological polar surface area (TPSA) is 49.3 Å². The molecule has 1 N–H and O–H groups in total. The fourth-order valence-electron chi connectivity index (χ4n) is 1.58. The van der Waals surface area contributed by atoms with Crippen molar-refractivity contribution in [2.45, 2.75) is 13.0 Å². The van der Waals surface area contributed by atoms with Crippen LogP contribution in [0, 0.1) is 0 Å². The summed E-state index contributed by atoms with van der Waals surface area (Å²) in [4.78, 5) is 10.2. The van der Waals surface area contributed by atoms with Crippen LogP contribution in [0.5, 0.6) is 0 Å². The van der Waals surface area contributed by atoms with Gasteiger partial charge in [0.2, 0.25) is 0 Å². The second-order valence-corrected chi connectivity index (χ2v) is 3.24. The molecule has 0 saturated heterocycles. The maximum atomic E-state index is 9.12. The van der Waals surface area contributed by atoms with E-state index in [-0.39, 0.29) is 6.61 Å². The standard InChI is InChI=1S/C10H13N3O/c14-7-9-6-11-8-12-10(9)13-4-2-1-3-5-13/h1-2,6,8,14H,3-5,7H2. The third-order valence-electron chi connectivity index (χ3n) is 2.29. The molecule has 2 heterocycles. The molecule has 1 aromatic rings. The van der Waals surface area contributed by atoms with Gasteiger partial charge in [-0.15, -0.1) is 0 Å². The van der Waals surface area contributed by atoms with Crippen molar-refractivity contribution in [3.05, 3.63) is 30.2 Å². The van der Waals surface area contributed by atoms with Gasteiger partial charge in [0.15, 0.2) is 0 Å². The van der Waals surface area contributed by atoms with Crippen LogP contribution in [0.1, 0.15) is 12.0 Å². The van der Waals surface area contributed by atoms with E-state index in [1.165, 1.54) is 6.33 Å². The number of anilines is 1. The quantitative estimate of drug-likeness (QED) is 0.700. The molecule has 4 nitrogen and oxygen atoms in total. The Hall–Kier alpha value is -1.42. The molecular weight excluding hydrogens is 178 g/mol. The number of aromatic nitrogens is 2. The zero-order valence-electron chi connectivity index (χ0n) is 7.93. The summed E-state index contributed by atoms with van der Waals surface area (Å²) in [7, 11) is 0. The molecular formula is C10H13N3O. The zero-order valence-corrected chi connectivity index (χ0v) is 7.93. The van der Waals surface area contributed by atoms with Crippen LogP contribution >= 0.6 is 0 Å². The van der Waals surface area contributed by atoms with Gasteiger partial charge in [0.1, 0.15) is 12.1 Å². The van der Waals surface area contributed by atoms with Gasteiger partial charge in [0.05, 0.1) is 6.61 Å². The third-order valence-corrected chi connectivity index (χ3v) is 2.29. The Morgan fingerprint density at radius 2 is 2.36 bits per heavy atom. The second-order valence-electron chi connectivity index (χ2n) is 3.24. The van der Waals surface area contributed by atoms with Crippen molar-refractivity contribution >= 4 is 5.82 Å². The van der Waals surface area contributed by atoms with Gasteiger partial charge in [0.25, 0.3) is 0 Å². The van der Waals surface area contributed by atoms with E-state index in [1.807, 2.05) is 0 Å². The van der Waals surface area contributed by atoms with Gasteiger partial charge in [-0.25, -0.2) is 9.97 Å². The highest BCUT2D eigenvalue weighted by molar-refractivity contribution is 5.46. The molecule has 0 bridgehead atoms. The molecule has 0 atom stereocenters. The minimum Gasteiger partial charge on any atom is -0.391 e. The van der Waals surface area contributed by atoms with E-state index < -0.39 is 0 Å². The van der Waals surface area contributed by atoms with E-state index in [0.29, 0.717) is 0 Å². The lowest BCUT2D eigenvalue weighted by Gasteiger charge is -2.25. The Morgan fingerprint density at radius 1 is 1.43 bits per heavy atom. The van der Waals surface area contributed by atoms with Gasteiger partial charge in [0, 0.05) is 24.8 Å². The summed E-state index contributed by atoms with van der Waals surface area (Å²) in [5, 5.41) is 9.12. The molecule has 1 aliphatic rings. The van der Waals surface area contributed by atoms with Crippen LogP contribution in [0.25, 0.3) is 0 Å². The Labute approximate surface area is 82.9 Å². The van der Waals surface area contributed by atoms with E-state index in [9.17, 15) is 0 Å². The lowest BCUT2D eigenvalue weighted by atomic mass is 10.2. The maximum absolute atomic E-state index is 9.12. The number of hydrogen-bond donors (Lipinski definition) is 1. The van der Waals surface area contributed by atoms with Crippen LogP contribution in [0.2, 0.25) is 0 Å². The molecule has 2 rings (SSSR count). The van der Waals surface area contributed by atoms with Crippen LogP contribution in [0.4, 0.5) is 5.82 Å². The molecule has 1 aromatic heterocycles. The first kappa shape index (κ1) is 9.15. The molecule has 1 aliphatic heterocycles. The maximum Gasteiger partial charge on any atom is 0.137 e. The van der Waals surface area contributed by atoms with Gasteiger partial charge >= 0.3 is 0 Å². The van der Waals surface area contributed by atoms with Crippen molar-refractivity contribution in [3.8, 4) is 0 Å². The minimum atomic E-state index is -0.00358. The number of aliphatic hydroxyl groups excluding tert-OH is 1. The SMILES string of the molecule is OCc1cncnc1N1CC=CCC1. The van der Waals surface area contributed by atoms with Crippen LogP contribution in [-0.4, -0.2) is 28.2 Å².